The fourth-order valence-electron chi connectivity index (χ4n) is 5.64. The maximum Gasteiger partial charge on any atom is 0.305 e. The van der Waals surface area contributed by atoms with Crippen molar-refractivity contribution in [2.75, 3.05) is 66.8 Å². The Morgan fingerprint density at radius 3 is 1.05 bits per heavy atom. The van der Waals surface area contributed by atoms with Crippen molar-refractivity contribution >= 4 is 28.1 Å². The average molecular weight is 801 g/mol. The minimum atomic E-state index is -1.21. The molecule has 0 radical (unpaired) electrons. The van der Waals surface area contributed by atoms with Crippen LogP contribution in [0.3, 0.4) is 0 Å². The maximum atomic E-state index is 12.2. The molecule has 0 bridgehead atoms. The van der Waals surface area contributed by atoms with E-state index in [2.05, 4.69) is 69.7 Å². The van der Waals surface area contributed by atoms with Crippen LogP contribution in [0.2, 0.25) is 36.3 Å². The quantitative estimate of drug-likeness (QED) is 0.0536. The molecule has 0 saturated heterocycles. The number of quaternary nitrogens is 2. The zero-order chi connectivity index (χ0) is 27.9. The van der Waals surface area contributed by atoms with Crippen LogP contribution in [0.5, 0.6) is 0 Å². The summed E-state index contributed by atoms with van der Waals surface area (Å²) in [7, 11) is 6.62. The summed E-state index contributed by atoms with van der Waals surface area (Å²) in [6.45, 7) is 16.7. The maximum absolute atomic E-state index is 12.2. The van der Waals surface area contributed by atoms with E-state index in [9.17, 15) is 9.59 Å². The van der Waals surface area contributed by atoms with Crippen LogP contribution in [-0.2, 0) is 19.1 Å². The van der Waals surface area contributed by atoms with Gasteiger partial charge in [0.2, 0.25) is 0 Å². The molecule has 0 unspecified atom stereocenters. The van der Waals surface area contributed by atoms with E-state index in [1.54, 1.807) is 0 Å². The summed E-state index contributed by atoms with van der Waals surface area (Å²) in [5.41, 5.74) is 0. The molecule has 0 saturated carbocycles. The average Bonchev–Trinajstić information content (AvgIpc) is 2.83. The highest BCUT2D eigenvalue weighted by molar-refractivity contribution is 6.80. The topological polar surface area (TPSA) is 52.6 Å². The number of hydrogen-bond acceptors (Lipinski definition) is 4. The fraction of sp³-hybridized carbons (Fsp3) is 0.929. The summed E-state index contributed by atoms with van der Waals surface area (Å²) < 4.78 is 12.9. The predicted molar refractivity (Wildman–Crippen MR) is 158 cm³/mol. The van der Waals surface area contributed by atoms with Gasteiger partial charge in [0.05, 0.1) is 40.5 Å². The summed E-state index contributed by atoms with van der Waals surface area (Å²) in [6.07, 6.45) is 4.57. The molecule has 10 heteroatoms. The number of halogens is 2. The van der Waals surface area contributed by atoms with Crippen LogP contribution >= 0.6 is 0 Å². The van der Waals surface area contributed by atoms with Gasteiger partial charge in [0.25, 0.3) is 0 Å². The van der Waals surface area contributed by atoms with Crippen molar-refractivity contribution < 1.29 is 76.0 Å². The van der Waals surface area contributed by atoms with Gasteiger partial charge in [0.1, 0.15) is 42.5 Å². The number of hydrogen-bond donors (Lipinski definition) is 0. The fourth-order valence-corrected chi connectivity index (χ4v) is 13.9. The highest BCUT2D eigenvalue weighted by atomic mass is 127. The van der Waals surface area contributed by atoms with Crippen molar-refractivity contribution in [3.05, 3.63) is 0 Å². The lowest BCUT2D eigenvalue weighted by Crippen LogP contribution is -3.00. The van der Waals surface area contributed by atoms with Gasteiger partial charge in [-0.2, -0.15) is 0 Å². The van der Waals surface area contributed by atoms with Crippen LogP contribution in [0.1, 0.15) is 67.2 Å². The van der Waals surface area contributed by atoms with Gasteiger partial charge in [0, 0.05) is 12.8 Å². The number of likely N-dealkylation sites (N-methyl/N-ethyl adjacent to an activating group) is 2. The molecule has 0 aliphatic heterocycles. The molecular formula is C28H62I2N2O4Si2. The van der Waals surface area contributed by atoms with Gasteiger partial charge in [-0.25, -0.2) is 0 Å². The van der Waals surface area contributed by atoms with E-state index in [0.717, 1.165) is 22.1 Å². The standard InChI is InChI=1S/C28H62N2O4Si2.2HI/c1-11-35(12-2,13-3)25-29(7,8)21-23-33-27(31)19-17-18-20-28(32)34-24-22-30(9,10)26-36(14-4,15-5)16-6;;/h11-26H2,1-10H3;2*1H/q+2;;/p-2. The van der Waals surface area contributed by atoms with E-state index in [1.165, 1.54) is 48.6 Å². The second kappa shape index (κ2) is 21.5. The van der Waals surface area contributed by atoms with Crippen molar-refractivity contribution in [3.8, 4) is 0 Å². The van der Waals surface area contributed by atoms with E-state index in [-0.39, 0.29) is 59.9 Å². The van der Waals surface area contributed by atoms with E-state index < -0.39 is 16.1 Å². The van der Waals surface area contributed by atoms with Gasteiger partial charge in [-0.05, 0) is 12.8 Å². The third-order valence-electron chi connectivity index (χ3n) is 8.96. The van der Waals surface area contributed by atoms with Gasteiger partial charge < -0.3 is 66.4 Å². The van der Waals surface area contributed by atoms with Crippen molar-refractivity contribution in [3.63, 3.8) is 0 Å². The molecule has 0 amide bonds. The summed E-state index contributed by atoms with van der Waals surface area (Å²) in [4.78, 5) is 24.3. The summed E-state index contributed by atoms with van der Waals surface area (Å²) >= 11 is 0. The highest BCUT2D eigenvalue weighted by Crippen LogP contribution is 2.24. The second-order valence-electron chi connectivity index (χ2n) is 12.4. The molecule has 230 valence electrons. The lowest BCUT2D eigenvalue weighted by molar-refractivity contribution is -0.880. The number of nitrogens with zero attached hydrogens (tertiary/aromatic N) is 2. The Bertz CT molecular complexity index is 574. The summed E-state index contributed by atoms with van der Waals surface area (Å²) in [6, 6.07) is 7.91. The molecule has 0 spiro atoms. The van der Waals surface area contributed by atoms with Gasteiger partial charge in [0.15, 0.2) is 0 Å². The molecular weight excluding hydrogens is 738 g/mol. The van der Waals surface area contributed by atoms with Crippen LogP contribution in [0, 0.1) is 0 Å². The van der Waals surface area contributed by atoms with E-state index in [4.69, 9.17) is 9.47 Å². The largest absolute Gasteiger partial charge is 1.00 e. The van der Waals surface area contributed by atoms with Crippen molar-refractivity contribution in [2.24, 2.45) is 0 Å². The molecule has 0 atom stereocenters. The van der Waals surface area contributed by atoms with Crippen molar-refractivity contribution in [2.45, 2.75) is 103 Å². The lowest BCUT2D eigenvalue weighted by atomic mass is 10.2. The van der Waals surface area contributed by atoms with Crippen molar-refractivity contribution in [1.82, 2.24) is 0 Å². The molecule has 38 heavy (non-hydrogen) atoms. The van der Waals surface area contributed by atoms with Crippen LogP contribution in [0.15, 0.2) is 0 Å². The zero-order valence-electron chi connectivity index (χ0n) is 26.6. The highest BCUT2D eigenvalue weighted by Gasteiger charge is 2.36. The molecule has 0 aliphatic rings. The molecule has 0 aliphatic carbocycles. The first-order valence-corrected chi connectivity index (χ1v) is 20.4. The third-order valence-corrected chi connectivity index (χ3v) is 21.0. The molecule has 0 N–H and O–H groups in total. The number of ether oxygens (including phenoxy) is 2. The smallest absolute Gasteiger partial charge is 0.305 e. The van der Waals surface area contributed by atoms with Gasteiger partial charge >= 0.3 is 11.9 Å². The SMILES string of the molecule is CC[Si](CC)(CC)C[N+](C)(C)CCOC(=O)CCCCC(=O)OCC[N+](C)(C)C[Si](CC)(CC)CC.[I-].[I-]. The number of esters is 2. The molecule has 0 fully saturated rings. The van der Waals surface area contributed by atoms with Crippen LogP contribution in [0.4, 0.5) is 0 Å². The Morgan fingerprint density at radius 2 is 0.816 bits per heavy atom. The molecule has 0 aromatic rings. The van der Waals surface area contributed by atoms with Gasteiger partial charge in [-0.3, -0.25) is 9.59 Å². The van der Waals surface area contributed by atoms with Gasteiger partial charge in [-0.15, -0.1) is 0 Å². The summed E-state index contributed by atoms with van der Waals surface area (Å²) in [5, 5.41) is 0. The molecule has 0 rings (SSSR count). The lowest BCUT2D eigenvalue weighted by Gasteiger charge is -2.39. The Kier molecular flexibility index (Phi) is 24.4. The second-order valence-corrected chi connectivity index (χ2v) is 23.3. The summed E-state index contributed by atoms with van der Waals surface area (Å²) in [5.74, 6) is -0.300. The first-order chi connectivity index (χ1) is 16.8. The van der Waals surface area contributed by atoms with Crippen LogP contribution in [-0.4, -0.2) is 104 Å². The third kappa shape index (κ3) is 17.5. The zero-order valence-corrected chi connectivity index (χ0v) is 32.9. The van der Waals surface area contributed by atoms with E-state index in [1.807, 2.05) is 0 Å². The van der Waals surface area contributed by atoms with Crippen LogP contribution in [0.25, 0.3) is 0 Å². The Labute approximate surface area is 272 Å². The first kappa shape index (κ1) is 43.2. The first-order valence-electron chi connectivity index (χ1n) is 14.7. The Morgan fingerprint density at radius 1 is 0.553 bits per heavy atom. The number of rotatable bonds is 21. The van der Waals surface area contributed by atoms with Crippen LogP contribution < -0.4 is 48.0 Å². The monoisotopic (exact) mass is 800 g/mol. The molecule has 6 nitrogen and oxygen atoms in total. The van der Waals surface area contributed by atoms with Gasteiger partial charge in [-0.1, -0.05) is 77.8 Å². The molecule has 0 aromatic heterocycles. The minimum Gasteiger partial charge on any atom is -1.00 e. The van der Waals surface area contributed by atoms with E-state index >= 15 is 0 Å². The number of unbranched alkanes of at least 4 members (excludes halogenated alkanes) is 1. The number of carbonyl (C=O) groups excluding carboxylic acids is 2. The predicted octanol–water partition coefficient (Wildman–Crippen LogP) is -0.111. The van der Waals surface area contributed by atoms with Crippen molar-refractivity contribution in [1.29, 1.82) is 0 Å². The molecule has 0 aromatic carbocycles. The normalized spacial score (nSPS) is 12.4. The Hall–Kier alpha value is 0.754. The van der Waals surface area contributed by atoms with E-state index in [0.29, 0.717) is 38.9 Å². The Balaban J connectivity index is -0.00000612. The number of carbonyl (C=O) groups is 2. The molecule has 0 heterocycles. The minimum absolute atomic E-state index is 0.